The topological polar surface area (TPSA) is 43.1 Å². The third kappa shape index (κ3) is 2.22. The van der Waals surface area contributed by atoms with Crippen molar-refractivity contribution in [2.24, 2.45) is 0 Å². The highest BCUT2D eigenvalue weighted by molar-refractivity contribution is 7.64. The highest BCUT2D eigenvalue weighted by Crippen LogP contribution is 2.29. The van der Waals surface area contributed by atoms with E-state index >= 15 is 0 Å². The van der Waals surface area contributed by atoms with Crippen LogP contribution in [0, 0.1) is 15.9 Å². The first-order chi connectivity index (χ1) is 6.02. The molecule has 0 heterocycles. The molecule has 0 aliphatic rings. The van der Waals surface area contributed by atoms with Gasteiger partial charge in [-0.05, 0) is 25.5 Å². The van der Waals surface area contributed by atoms with Crippen molar-refractivity contribution >= 4 is 18.9 Å². The molecule has 3 nitrogen and oxygen atoms in total. The van der Waals surface area contributed by atoms with E-state index in [1.54, 1.807) is 0 Å². The van der Waals surface area contributed by atoms with Crippen molar-refractivity contribution < 1.29 is 9.31 Å². The molecule has 0 saturated carbocycles. The zero-order chi connectivity index (χ0) is 10.0. The van der Waals surface area contributed by atoms with Crippen molar-refractivity contribution in [1.29, 1.82) is 0 Å². The zero-order valence-electron chi connectivity index (χ0n) is 7.32. The highest BCUT2D eigenvalue weighted by atomic mass is 31.1. The van der Waals surface area contributed by atoms with E-state index in [-0.39, 0.29) is 5.69 Å². The Morgan fingerprint density at radius 2 is 2.08 bits per heavy atom. The summed E-state index contributed by atoms with van der Waals surface area (Å²) in [5.74, 6) is -0.420. The minimum Gasteiger partial charge on any atom is -0.258 e. The first-order valence-corrected chi connectivity index (χ1v) is 5.87. The minimum atomic E-state index is -0.647. The summed E-state index contributed by atoms with van der Waals surface area (Å²) in [5.41, 5.74) is 0.0116. The molecule has 0 aliphatic carbocycles. The second kappa shape index (κ2) is 3.79. The Kier molecular flexibility index (Phi) is 2.94. The molecular weight excluding hydrogens is 192 g/mol. The Balaban J connectivity index is 3.26. The van der Waals surface area contributed by atoms with Gasteiger partial charge in [0.05, 0.1) is 10.2 Å². The molecule has 0 aromatic heterocycles. The van der Waals surface area contributed by atoms with Gasteiger partial charge in [0.15, 0.2) is 0 Å². The Labute approximate surface area is 76.5 Å². The number of hydrogen-bond acceptors (Lipinski definition) is 2. The van der Waals surface area contributed by atoms with Gasteiger partial charge in [0, 0.05) is 6.07 Å². The molecule has 13 heavy (non-hydrogen) atoms. The summed E-state index contributed by atoms with van der Waals surface area (Å²) >= 11 is 0. The van der Waals surface area contributed by atoms with Crippen molar-refractivity contribution in [2.75, 3.05) is 13.3 Å². The molecule has 0 saturated heterocycles. The lowest BCUT2D eigenvalue weighted by atomic mass is 10.3. The molecule has 0 bridgehead atoms. The average molecular weight is 201 g/mol. The summed E-state index contributed by atoms with van der Waals surface area (Å²) in [7, 11) is -0.647. The number of rotatable bonds is 2. The van der Waals surface area contributed by atoms with Crippen LogP contribution in [0.4, 0.5) is 10.1 Å². The fourth-order valence-electron chi connectivity index (χ4n) is 1.01. The second-order valence-electron chi connectivity index (χ2n) is 2.78. The monoisotopic (exact) mass is 201 g/mol. The third-order valence-corrected chi connectivity index (χ3v) is 2.94. The minimum absolute atomic E-state index is 0.0116. The maximum absolute atomic E-state index is 12.8. The molecule has 5 heteroatoms. The SMILES string of the molecule is CP(C)c1cc(F)ccc1[N+](=O)[O-]. The van der Waals surface area contributed by atoms with Gasteiger partial charge in [-0.1, -0.05) is 7.92 Å². The summed E-state index contributed by atoms with van der Waals surface area (Å²) in [5, 5.41) is 11.0. The predicted molar refractivity (Wildman–Crippen MR) is 51.5 cm³/mol. The molecule has 1 aromatic carbocycles. The van der Waals surface area contributed by atoms with Gasteiger partial charge < -0.3 is 0 Å². The molecule has 0 aliphatic heterocycles. The smallest absolute Gasteiger partial charge is 0.258 e. The Hall–Kier alpha value is -1.02. The molecule has 0 N–H and O–H groups in total. The van der Waals surface area contributed by atoms with E-state index < -0.39 is 18.7 Å². The van der Waals surface area contributed by atoms with Crippen LogP contribution in [0.5, 0.6) is 0 Å². The molecule has 0 unspecified atom stereocenters. The van der Waals surface area contributed by atoms with Crippen molar-refractivity contribution in [3.8, 4) is 0 Å². The van der Waals surface area contributed by atoms with Crippen LogP contribution in [0.15, 0.2) is 18.2 Å². The Bertz CT molecular complexity index is 341. The maximum atomic E-state index is 12.8. The molecule has 0 fully saturated rings. The van der Waals surface area contributed by atoms with E-state index in [0.29, 0.717) is 5.30 Å². The zero-order valence-corrected chi connectivity index (χ0v) is 8.22. The van der Waals surface area contributed by atoms with Crippen molar-refractivity contribution in [3.63, 3.8) is 0 Å². The van der Waals surface area contributed by atoms with Gasteiger partial charge in [-0.25, -0.2) is 4.39 Å². The first kappa shape index (κ1) is 10.1. The molecule has 1 aromatic rings. The Morgan fingerprint density at radius 3 is 2.54 bits per heavy atom. The summed E-state index contributed by atoms with van der Waals surface area (Å²) in [6.07, 6.45) is 0. The van der Waals surface area contributed by atoms with Gasteiger partial charge in [0.25, 0.3) is 5.69 Å². The lowest BCUT2D eigenvalue weighted by Crippen LogP contribution is -2.07. The lowest BCUT2D eigenvalue weighted by Gasteiger charge is -2.05. The molecular formula is C8H9FNO2P. The van der Waals surface area contributed by atoms with Crippen LogP contribution in [-0.4, -0.2) is 18.3 Å². The predicted octanol–water partition coefficient (Wildman–Crippen LogP) is 2.10. The van der Waals surface area contributed by atoms with E-state index in [0.717, 1.165) is 6.07 Å². The molecule has 0 atom stereocenters. The summed E-state index contributed by atoms with van der Waals surface area (Å²) in [6.45, 7) is 3.72. The molecule has 70 valence electrons. The quantitative estimate of drug-likeness (QED) is 0.417. The van der Waals surface area contributed by atoms with E-state index in [4.69, 9.17) is 0 Å². The van der Waals surface area contributed by atoms with E-state index in [9.17, 15) is 14.5 Å². The number of halogens is 1. The van der Waals surface area contributed by atoms with Gasteiger partial charge in [0.2, 0.25) is 0 Å². The summed E-state index contributed by atoms with van der Waals surface area (Å²) < 4.78 is 12.8. The average Bonchev–Trinajstić information content (AvgIpc) is 2.03. The standard InChI is InChI=1S/C8H9FNO2P/c1-13(2)8-5-6(9)3-4-7(8)10(11)12/h3-5H,1-2H3. The Morgan fingerprint density at radius 1 is 1.46 bits per heavy atom. The summed E-state index contributed by atoms with van der Waals surface area (Å²) in [6, 6.07) is 3.57. The third-order valence-electron chi connectivity index (χ3n) is 1.62. The number of nitrogens with zero attached hydrogens (tertiary/aromatic N) is 1. The lowest BCUT2D eigenvalue weighted by molar-refractivity contribution is -0.383. The van der Waals surface area contributed by atoms with E-state index in [1.165, 1.54) is 12.1 Å². The van der Waals surface area contributed by atoms with Crippen molar-refractivity contribution in [3.05, 3.63) is 34.1 Å². The van der Waals surface area contributed by atoms with Crippen LogP contribution in [0.2, 0.25) is 0 Å². The van der Waals surface area contributed by atoms with E-state index in [1.807, 2.05) is 13.3 Å². The maximum Gasteiger partial charge on any atom is 0.277 e. The molecule has 1 rings (SSSR count). The van der Waals surface area contributed by atoms with E-state index in [2.05, 4.69) is 0 Å². The summed E-state index contributed by atoms with van der Waals surface area (Å²) in [4.78, 5) is 10.1. The fraction of sp³-hybridized carbons (Fsp3) is 0.250. The molecule has 0 radical (unpaired) electrons. The van der Waals surface area contributed by atoms with Gasteiger partial charge in [-0.15, -0.1) is 0 Å². The number of benzene rings is 1. The first-order valence-electron chi connectivity index (χ1n) is 3.63. The molecule has 0 amide bonds. The van der Waals surface area contributed by atoms with Crippen molar-refractivity contribution in [1.82, 2.24) is 0 Å². The van der Waals surface area contributed by atoms with Crippen LogP contribution in [-0.2, 0) is 0 Å². The van der Waals surface area contributed by atoms with Crippen LogP contribution < -0.4 is 5.30 Å². The van der Waals surface area contributed by atoms with Gasteiger partial charge in [-0.3, -0.25) is 10.1 Å². The number of nitro groups is 1. The largest absolute Gasteiger partial charge is 0.277 e. The van der Waals surface area contributed by atoms with Crippen LogP contribution >= 0.6 is 7.92 Å². The van der Waals surface area contributed by atoms with Gasteiger partial charge >= 0.3 is 0 Å². The van der Waals surface area contributed by atoms with Crippen molar-refractivity contribution in [2.45, 2.75) is 0 Å². The van der Waals surface area contributed by atoms with Crippen LogP contribution in [0.3, 0.4) is 0 Å². The number of nitro benzene ring substituents is 1. The fourth-order valence-corrected chi connectivity index (χ4v) is 2.01. The highest BCUT2D eigenvalue weighted by Gasteiger charge is 2.16. The van der Waals surface area contributed by atoms with Gasteiger partial charge in [-0.2, -0.15) is 0 Å². The second-order valence-corrected chi connectivity index (χ2v) is 5.06. The van der Waals surface area contributed by atoms with Crippen LogP contribution in [0.1, 0.15) is 0 Å². The molecule has 0 spiro atoms. The number of hydrogen-bond donors (Lipinski definition) is 0. The van der Waals surface area contributed by atoms with Crippen LogP contribution in [0.25, 0.3) is 0 Å². The normalized spacial score (nSPS) is 10.5. The van der Waals surface area contributed by atoms with Gasteiger partial charge in [0.1, 0.15) is 5.82 Å².